The minimum absolute atomic E-state index is 0.146. The van der Waals surface area contributed by atoms with E-state index in [0.29, 0.717) is 28.7 Å². The standard InChI is InChI=1S/C36H51BF2N2O/c1-21(8-10-29-33-22(2)18-24(4)40(33)37(38,39)41-25(5)19-23(3)34(29)41)30-12-13-31-28-11-9-26-20-27(42)14-16-35(26,6)32(28)15-17-36(30,31)7/h9,18-19,21,27-28,30-32,42H,8,10-17,20H2,1-7H3/t21-,27+,28+,30-,31+,32+,35+,36-/m1/s1. The number of aliphatic hydroxyl groups is 1. The third kappa shape index (κ3) is 3.81. The summed E-state index contributed by atoms with van der Waals surface area (Å²) in [5.41, 5.74) is 8.11. The van der Waals surface area contributed by atoms with Gasteiger partial charge in [0.05, 0.1) is 6.10 Å². The second kappa shape index (κ2) is 9.53. The first-order chi connectivity index (χ1) is 19.8. The van der Waals surface area contributed by atoms with E-state index in [0.717, 1.165) is 78.0 Å². The van der Waals surface area contributed by atoms with Crippen LogP contribution in [0.1, 0.15) is 116 Å². The lowest BCUT2D eigenvalue weighted by atomic mass is 9.47. The molecule has 0 spiro atoms. The molecule has 7 rings (SSSR count). The number of rotatable bonds is 4. The number of aryl methyl sites for hydroxylation is 2. The van der Waals surface area contributed by atoms with Crippen molar-refractivity contribution in [1.82, 2.24) is 4.48 Å². The summed E-state index contributed by atoms with van der Waals surface area (Å²) in [5, 5.41) is 10.4. The predicted molar refractivity (Wildman–Crippen MR) is 168 cm³/mol. The molecule has 1 aromatic rings. The fourth-order valence-corrected chi connectivity index (χ4v) is 11.9. The highest BCUT2D eigenvalue weighted by molar-refractivity contribution is 6.58. The Bertz CT molecular complexity index is 1460. The Morgan fingerprint density at radius 2 is 1.83 bits per heavy atom. The molecular weight excluding hydrogens is 525 g/mol. The number of halogens is 2. The molecule has 228 valence electrons. The fraction of sp³-hybridized carbons (Fsp3) is 0.694. The molecule has 0 amide bonds. The minimum atomic E-state index is -3.90. The molecule has 0 saturated heterocycles. The maximum absolute atomic E-state index is 16.0. The topological polar surface area (TPSA) is 28.2 Å². The highest BCUT2D eigenvalue weighted by Crippen LogP contribution is 2.67. The van der Waals surface area contributed by atoms with Crippen molar-refractivity contribution in [3.8, 4) is 0 Å². The number of fused-ring (bicyclic) bond motifs is 7. The van der Waals surface area contributed by atoms with Crippen LogP contribution < -0.4 is 0 Å². The Balaban J connectivity index is 1.15. The third-order valence-electron chi connectivity index (χ3n) is 13.7. The lowest BCUT2D eigenvalue weighted by Crippen LogP contribution is -2.51. The van der Waals surface area contributed by atoms with Gasteiger partial charge in [-0.05, 0) is 143 Å². The van der Waals surface area contributed by atoms with E-state index in [2.05, 4.69) is 26.8 Å². The average Bonchev–Trinajstić information content (AvgIpc) is 3.54. The maximum atomic E-state index is 16.0. The quantitative estimate of drug-likeness (QED) is 0.282. The van der Waals surface area contributed by atoms with Gasteiger partial charge in [0, 0.05) is 29.8 Å². The first-order valence-electron chi connectivity index (χ1n) is 16.9. The normalized spacial score (nSPS) is 39.2. The maximum Gasteiger partial charge on any atom is 0.737 e. The van der Waals surface area contributed by atoms with Crippen LogP contribution in [-0.2, 0) is 0 Å². The van der Waals surface area contributed by atoms with Crippen LogP contribution in [0.25, 0.3) is 5.57 Å². The van der Waals surface area contributed by atoms with Gasteiger partial charge in [-0.25, -0.2) is 0 Å². The summed E-state index contributed by atoms with van der Waals surface area (Å²) < 4.78 is 34.8. The summed E-state index contributed by atoms with van der Waals surface area (Å²) in [6.07, 6.45) is 15.7. The smallest absolute Gasteiger partial charge is 0.394 e. The molecule has 1 aromatic heterocycles. The molecule has 4 aliphatic carbocycles. The Hall–Kier alpha value is -1.95. The molecule has 3 heterocycles. The van der Waals surface area contributed by atoms with Gasteiger partial charge in [0.15, 0.2) is 5.70 Å². The molecule has 6 aliphatic rings. The summed E-state index contributed by atoms with van der Waals surface area (Å²) in [4.78, 5) is 0. The molecule has 1 N–H and O–H groups in total. The molecule has 0 unspecified atom stereocenters. The molecular formula is C36H51BF2N2O. The second-order valence-electron chi connectivity index (χ2n) is 15.8. The SMILES string of the molecule is CC1=CC(C)=[N+]2C1=C(CC[C@@H](C)[C@H]1CC[C@H]3[C@@H]4CC=C5C[C@@H](O)CC[C@]5(C)[C@H]4CC[C@]13C)c1c(C)cc(C)n1[B-]2(F)F. The zero-order valence-corrected chi connectivity index (χ0v) is 26.9. The van der Waals surface area contributed by atoms with Gasteiger partial charge in [-0.15, -0.1) is 0 Å². The average molecular weight is 577 g/mol. The van der Waals surface area contributed by atoms with Gasteiger partial charge >= 0.3 is 6.97 Å². The van der Waals surface area contributed by atoms with Crippen LogP contribution in [0.3, 0.4) is 0 Å². The second-order valence-corrected chi connectivity index (χ2v) is 15.8. The van der Waals surface area contributed by atoms with E-state index in [-0.39, 0.29) is 11.5 Å². The van der Waals surface area contributed by atoms with E-state index in [1.807, 2.05) is 39.8 Å². The summed E-state index contributed by atoms with van der Waals surface area (Å²) in [6.45, 7) is 11.4. The number of allylic oxidation sites excluding steroid dienone is 4. The van der Waals surface area contributed by atoms with Crippen molar-refractivity contribution in [2.75, 3.05) is 0 Å². The predicted octanol–water partition coefficient (Wildman–Crippen LogP) is 8.84. The van der Waals surface area contributed by atoms with Crippen LogP contribution in [-0.4, -0.2) is 32.9 Å². The number of hydrogen-bond donors (Lipinski definition) is 1. The Labute approximate surface area is 251 Å². The molecule has 3 fully saturated rings. The molecule has 6 heteroatoms. The summed E-state index contributed by atoms with van der Waals surface area (Å²) >= 11 is 0. The van der Waals surface area contributed by atoms with Crippen molar-refractivity contribution < 1.29 is 18.2 Å². The van der Waals surface area contributed by atoms with Gasteiger partial charge in [0.25, 0.3) is 0 Å². The summed E-state index contributed by atoms with van der Waals surface area (Å²) in [6, 6.07) is 1.95. The molecule has 0 bridgehead atoms. The Morgan fingerprint density at radius 1 is 1.07 bits per heavy atom. The van der Waals surface area contributed by atoms with Crippen molar-refractivity contribution in [2.24, 2.45) is 40.4 Å². The van der Waals surface area contributed by atoms with E-state index >= 15 is 8.63 Å². The molecule has 0 radical (unpaired) electrons. The van der Waals surface area contributed by atoms with Crippen LogP contribution in [0, 0.1) is 54.3 Å². The van der Waals surface area contributed by atoms with E-state index in [9.17, 15) is 5.11 Å². The van der Waals surface area contributed by atoms with Crippen molar-refractivity contribution in [3.05, 3.63) is 52.0 Å². The minimum Gasteiger partial charge on any atom is -0.394 e. The zero-order valence-electron chi connectivity index (χ0n) is 26.9. The monoisotopic (exact) mass is 576 g/mol. The molecule has 0 aromatic carbocycles. The molecule has 3 saturated carbocycles. The summed E-state index contributed by atoms with van der Waals surface area (Å²) in [5.74, 6) is 3.55. The van der Waals surface area contributed by atoms with Crippen molar-refractivity contribution in [2.45, 2.75) is 119 Å². The molecule has 42 heavy (non-hydrogen) atoms. The van der Waals surface area contributed by atoms with Gasteiger partial charge in [0.2, 0.25) is 0 Å². The number of nitrogens with zero attached hydrogens (tertiary/aromatic N) is 2. The summed E-state index contributed by atoms with van der Waals surface area (Å²) in [7, 11) is 0. The number of hydrogen-bond acceptors (Lipinski definition) is 1. The van der Waals surface area contributed by atoms with Crippen molar-refractivity contribution in [3.63, 3.8) is 0 Å². The van der Waals surface area contributed by atoms with Gasteiger partial charge < -0.3 is 22.7 Å². The largest absolute Gasteiger partial charge is 0.737 e. The Morgan fingerprint density at radius 3 is 2.60 bits per heavy atom. The van der Waals surface area contributed by atoms with E-state index < -0.39 is 6.97 Å². The van der Waals surface area contributed by atoms with E-state index in [1.165, 1.54) is 41.1 Å². The highest BCUT2D eigenvalue weighted by atomic mass is 19.2. The molecule has 2 aliphatic heterocycles. The number of aliphatic hydroxyl groups excluding tert-OH is 1. The molecule has 3 nitrogen and oxygen atoms in total. The van der Waals surface area contributed by atoms with E-state index in [1.54, 1.807) is 5.57 Å². The number of aromatic nitrogens is 1. The lowest BCUT2D eigenvalue weighted by molar-refractivity contribution is -0.363. The Kier molecular flexibility index (Phi) is 6.53. The van der Waals surface area contributed by atoms with Gasteiger partial charge in [0.1, 0.15) is 5.71 Å². The van der Waals surface area contributed by atoms with E-state index in [4.69, 9.17) is 0 Å². The van der Waals surface area contributed by atoms with Gasteiger partial charge in [-0.3, -0.25) is 0 Å². The van der Waals surface area contributed by atoms with Crippen molar-refractivity contribution in [1.29, 1.82) is 0 Å². The van der Waals surface area contributed by atoms with Crippen LogP contribution in [0.5, 0.6) is 0 Å². The fourth-order valence-electron chi connectivity index (χ4n) is 11.9. The zero-order chi connectivity index (χ0) is 29.9. The lowest BCUT2D eigenvalue weighted by Gasteiger charge is -2.58. The third-order valence-corrected chi connectivity index (χ3v) is 13.7. The van der Waals surface area contributed by atoms with Gasteiger partial charge in [-0.2, -0.15) is 0 Å². The van der Waals surface area contributed by atoms with Crippen molar-refractivity contribution >= 4 is 18.3 Å². The first kappa shape index (κ1) is 28.8. The first-order valence-corrected chi connectivity index (χ1v) is 16.9. The van der Waals surface area contributed by atoms with Crippen LogP contribution in [0.4, 0.5) is 8.63 Å². The van der Waals surface area contributed by atoms with Crippen LogP contribution in [0.15, 0.2) is 35.1 Å². The highest BCUT2D eigenvalue weighted by Gasteiger charge is 2.59. The van der Waals surface area contributed by atoms with Crippen LogP contribution in [0.2, 0.25) is 0 Å². The van der Waals surface area contributed by atoms with Crippen LogP contribution >= 0.6 is 0 Å². The molecule has 8 atom stereocenters. The van der Waals surface area contributed by atoms with Gasteiger partial charge in [-0.1, -0.05) is 32.4 Å².